The van der Waals surface area contributed by atoms with Gasteiger partial charge >= 0.3 is 0 Å². The molecule has 0 atom stereocenters. The second kappa shape index (κ2) is 9.07. The monoisotopic (exact) mass is 368 g/mol. The quantitative estimate of drug-likeness (QED) is 0.773. The summed E-state index contributed by atoms with van der Waals surface area (Å²) in [4.78, 5) is 25.8. The molecule has 2 aromatic carbocycles. The van der Waals surface area contributed by atoms with Crippen LogP contribution in [0.5, 0.6) is 11.5 Å². The van der Waals surface area contributed by atoms with Crippen molar-refractivity contribution in [2.75, 3.05) is 30.0 Å². The van der Waals surface area contributed by atoms with E-state index in [0.717, 1.165) is 30.8 Å². The number of amides is 2. The third-order valence-corrected chi connectivity index (χ3v) is 4.18. The van der Waals surface area contributed by atoms with Crippen molar-refractivity contribution in [1.82, 2.24) is 0 Å². The highest BCUT2D eigenvalue weighted by molar-refractivity contribution is 5.97. The Kier molecular flexibility index (Phi) is 6.30. The maximum Gasteiger partial charge on any atom is 0.262 e. The second-order valence-corrected chi connectivity index (χ2v) is 6.36. The van der Waals surface area contributed by atoms with Crippen LogP contribution >= 0.6 is 0 Å². The Hall–Kier alpha value is -3.02. The highest BCUT2D eigenvalue weighted by Crippen LogP contribution is 2.24. The smallest absolute Gasteiger partial charge is 0.262 e. The van der Waals surface area contributed by atoms with Crippen LogP contribution in [-0.4, -0.2) is 31.6 Å². The third kappa shape index (κ3) is 5.23. The van der Waals surface area contributed by atoms with Crippen molar-refractivity contribution in [3.8, 4) is 11.5 Å². The molecule has 27 heavy (non-hydrogen) atoms. The molecule has 142 valence electrons. The average Bonchev–Trinajstić information content (AvgIpc) is 3.12. The Morgan fingerprint density at radius 3 is 2.52 bits per heavy atom. The lowest BCUT2D eigenvalue weighted by Gasteiger charge is -2.16. The number of rotatable bonds is 8. The highest BCUT2D eigenvalue weighted by Gasteiger charge is 2.21. The van der Waals surface area contributed by atoms with E-state index >= 15 is 0 Å². The molecule has 0 bridgehead atoms. The SMILES string of the molecule is CCCOc1ccc(OCC(=O)Nc2cccc(N3CCCC3=O)c2)cc1. The van der Waals surface area contributed by atoms with Crippen LogP contribution < -0.4 is 19.7 Å². The van der Waals surface area contributed by atoms with Crippen molar-refractivity contribution >= 4 is 23.2 Å². The van der Waals surface area contributed by atoms with E-state index in [1.54, 1.807) is 29.2 Å². The van der Waals surface area contributed by atoms with Gasteiger partial charge in [-0.3, -0.25) is 9.59 Å². The second-order valence-electron chi connectivity index (χ2n) is 6.36. The Labute approximate surface area is 159 Å². The molecule has 1 heterocycles. The summed E-state index contributed by atoms with van der Waals surface area (Å²) < 4.78 is 11.0. The number of hydrogen-bond donors (Lipinski definition) is 1. The van der Waals surface area contributed by atoms with Crippen LogP contribution in [0.15, 0.2) is 48.5 Å². The van der Waals surface area contributed by atoms with Gasteiger partial charge in [0.15, 0.2) is 6.61 Å². The van der Waals surface area contributed by atoms with E-state index in [-0.39, 0.29) is 18.4 Å². The first-order valence-electron chi connectivity index (χ1n) is 9.21. The van der Waals surface area contributed by atoms with Gasteiger partial charge < -0.3 is 19.7 Å². The molecule has 6 heteroatoms. The van der Waals surface area contributed by atoms with Crippen LogP contribution in [0.2, 0.25) is 0 Å². The molecule has 1 N–H and O–H groups in total. The van der Waals surface area contributed by atoms with Gasteiger partial charge in [0, 0.05) is 24.3 Å². The standard InChI is InChI=1S/C21H24N2O4/c1-2-13-26-18-8-10-19(11-9-18)27-15-20(24)22-16-5-3-6-17(14-16)23-12-4-7-21(23)25/h3,5-6,8-11,14H,2,4,7,12-13,15H2,1H3,(H,22,24). The van der Waals surface area contributed by atoms with Crippen molar-refractivity contribution < 1.29 is 19.1 Å². The summed E-state index contributed by atoms with van der Waals surface area (Å²) in [6, 6.07) is 14.5. The Balaban J connectivity index is 1.51. The summed E-state index contributed by atoms with van der Waals surface area (Å²) in [7, 11) is 0. The van der Waals surface area contributed by atoms with Crippen molar-refractivity contribution in [2.45, 2.75) is 26.2 Å². The van der Waals surface area contributed by atoms with Gasteiger partial charge in [-0.2, -0.15) is 0 Å². The zero-order valence-corrected chi connectivity index (χ0v) is 15.4. The Bertz CT molecular complexity index is 789. The van der Waals surface area contributed by atoms with Crippen molar-refractivity contribution in [3.05, 3.63) is 48.5 Å². The van der Waals surface area contributed by atoms with Crippen LogP contribution in [0, 0.1) is 0 Å². The molecule has 3 rings (SSSR count). The first-order chi connectivity index (χ1) is 13.2. The number of ether oxygens (including phenoxy) is 2. The highest BCUT2D eigenvalue weighted by atomic mass is 16.5. The molecule has 1 saturated heterocycles. The summed E-state index contributed by atoms with van der Waals surface area (Å²) in [5.74, 6) is 1.24. The van der Waals surface area contributed by atoms with Crippen LogP contribution in [0.25, 0.3) is 0 Å². The van der Waals surface area contributed by atoms with E-state index in [1.807, 2.05) is 24.3 Å². The number of benzene rings is 2. The molecule has 1 fully saturated rings. The first kappa shape index (κ1) is 18.8. The average molecular weight is 368 g/mol. The molecular weight excluding hydrogens is 344 g/mol. The number of nitrogens with zero attached hydrogens (tertiary/aromatic N) is 1. The predicted molar refractivity (Wildman–Crippen MR) is 104 cm³/mol. The Morgan fingerprint density at radius 1 is 1.11 bits per heavy atom. The summed E-state index contributed by atoms with van der Waals surface area (Å²) in [5.41, 5.74) is 1.45. The Morgan fingerprint density at radius 2 is 1.85 bits per heavy atom. The van der Waals surface area contributed by atoms with E-state index in [9.17, 15) is 9.59 Å². The lowest BCUT2D eigenvalue weighted by molar-refractivity contribution is -0.118. The molecule has 0 saturated carbocycles. The fourth-order valence-electron chi connectivity index (χ4n) is 2.87. The molecule has 0 unspecified atom stereocenters. The fraction of sp³-hybridized carbons (Fsp3) is 0.333. The molecule has 0 aromatic heterocycles. The zero-order valence-electron chi connectivity index (χ0n) is 15.4. The lowest BCUT2D eigenvalue weighted by Crippen LogP contribution is -2.24. The van der Waals surface area contributed by atoms with Gasteiger partial charge in [0.1, 0.15) is 11.5 Å². The van der Waals surface area contributed by atoms with Crippen molar-refractivity contribution in [1.29, 1.82) is 0 Å². The minimum atomic E-state index is -0.258. The first-order valence-corrected chi connectivity index (χ1v) is 9.21. The molecule has 2 aromatic rings. The summed E-state index contributed by atoms with van der Waals surface area (Å²) in [5, 5.41) is 2.80. The maximum atomic E-state index is 12.1. The summed E-state index contributed by atoms with van der Waals surface area (Å²) in [6.45, 7) is 3.35. The van der Waals surface area contributed by atoms with Gasteiger partial charge in [0.25, 0.3) is 5.91 Å². The van der Waals surface area contributed by atoms with Gasteiger partial charge in [0.05, 0.1) is 6.61 Å². The minimum absolute atomic E-state index is 0.0952. The lowest BCUT2D eigenvalue weighted by atomic mass is 10.2. The molecule has 0 radical (unpaired) electrons. The predicted octanol–water partition coefficient (Wildman–Crippen LogP) is 3.62. The normalized spacial score (nSPS) is 13.5. The fourth-order valence-corrected chi connectivity index (χ4v) is 2.87. The van der Waals surface area contributed by atoms with Gasteiger partial charge in [0.2, 0.25) is 5.91 Å². The molecule has 1 aliphatic heterocycles. The third-order valence-electron chi connectivity index (χ3n) is 4.18. The maximum absolute atomic E-state index is 12.1. The van der Waals surface area contributed by atoms with Crippen molar-refractivity contribution in [2.24, 2.45) is 0 Å². The molecule has 0 spiro atoms. The van der Waals surface area contributed by atoms with Crippen molar-refractivity contribution in [3.63, 3.8) is 0 Å². The number of carbonyl (C=O) groups is 2. The summed E-state index contributed by atoms with van der Waals surface area (Å²) in [6.07, 6.45) is 2.39. The largest absolute Gasteiger partial charge is 0.494 e. The van der Waals surface area contributed by atoms with Crippen LogP contribution in [0.1, 0.15) is 26.2 Å². The van der Waals surface area contributed by atoms with Gasteiger partial charge in [-0.25, -0.2) is 0 Å². The van der Waals surface area contributed by atoms with E-state index in [2.05, 4.69) is 12.2 Å². The number of nitrogens with one attached hydrogen (secondary N) is 1. The number of hydrogen-bond acceptors (Lipinski definition) is 4. The molecule has 1 aliphatic rings. The number of carbonyl (C=O) groups excluding carboxylic acids is 2. The van der Waals surface area contributed by atoms with Crippen LogP contribution in [0.4, 0.5) is 11.4 Å². The van der Waals surface area contributed by atoms with E-state index in [0.29, 0.717) is 24.5 Å². The molecule has 2 amide bonds. The molecule has 0 aliphatic carbocycles. The van der Waals surface area contributed by atoms with E-state index < -0.39 is 0 Å². The topological polar surface area (TPSA) is 67.9 Å². The minimum Gasteiger partial charge on any atom is -0.494 e. The molecule has 6 nitrogen and oxygen atoms in total. The van der Waals surface area contributed by atoms with Gasteiger partial charge in [-0.15, -0.1) is 0 Å². The van der Waals surface area contributed by atoms with E-state index in [1.165, 1.54) is 0 Å². The zero-order chi connectivity index (χ0) is 19.1. The van der Waals surface area contributed by atoms with Crippen LogP contribution in [-0.2, 0) is 9.59 Å². The number of anilines is 2. The van der Waals surface area contributed by atoms with E-state index in [4.69, 9.17) is 9.47 Å². The summed E-state index contributed by atoms with van der Waals surface area (Å²) >= 11 is 0. The van der Waals surface area contributed by atoms with Gasteiger partial charge in [-0.1, -0.05) is 13.0 Å². The van der Waals surface area contributed by atoms with Gasteiger partial charge in [-0.05, 0) is 55.3 Å². The van der Waals surface area contributed by atoms with Crippen LogP contribution in [0.3, 0.4) is 0 Å². The molecular formula is C21H24N2O4.